The number of benzene rings is 1. The number of carbonyl (C=O) groups is 1. The maximum absolute atomic E-state index is 12.7. The average Bonchev–Trinajstić information content (AvgIpc) is 3.05. The molecule has 0 aliphatic carbocycles. The fourth-order valence-electron chi connectivity index (χ4n) is 2.88. The number of carbonyl (C=O) groups excluding carboxylic acids is 1. The molecular formula is C18H15ClN4O. The van der Waals surface area contributed by atoms with E-state index in [9.17, 15) is 4.79 Å². The third kappa shape index (κ3) is 2.67. The SMILES string of the molecule is O=C(c1ccccc1Cl)N1CCn2nc(-c3ccccn3)cc2C1. The molecule has 0 bridgehead atoms. The highest BCUT2D eigenvalue weighted by molar-refractivity contribution is 6.33. The number of hydrogen-bond acceptors (Lipinski definition) is 3. The molecule has 0 spiro atoms. The maximum Gasteiger partial charge on any atom is 0.255 e. The van der Waals surface area contributed by atoms with Gasteiger partial charge in [0, 0.05) is 12.7 Å². The standard InChI is InChI=1S/C18H15ClN4O/c19-15-6-2-1-5-14(15)18(24)22-9-10-23-13(12-22)11-17(21-23)16-7-3-4-8-20-16/h1-8,11H,9-10,12H2. The summed E-state index contributed by atoms with van der Waals surface area (Å²) in [7, 11) is 0. The predicted octanol–water partition coefficient (Wildman–Crippen LogP) is 3.25. The normalized spacial score (nSPS) is 13.6. The van der Waals surface area contributed by atoms with Gasteiger partial charge in [-0.25, -0.2) is 0 Å². The first kappa shape index (κ1) is 14.9. The van der Waals surface area contributed by atoms with Crippen LogP contribution in [0.25, 0.3) is 11.4 Å². The van der Waals surface area contributed by atoms with Crippen molar-refractivity contribution in [2.45, 2.75) is 13.1 Å². The lowest BCUT2D eigenvalue weighted by atomic mass is 10.1. The number of halogens is 1. The van der Waals surface area contributed by atoms with E-state index < -0.39 is 0 Å². The molecule has 1 aliphatic rings. The van der Waals surface area contributed by atoms with E-state index >= 15 is 0 Å². The molecule has 0 unspecified atom stereocenters. The minimum absolute atomic E-state index is 0.0487. The Morgan fingerprint density at radius 1 is 1.04 bits per heavy atom. The van der Waals surface area contributed by atoms with Crippen LogP contribution in [0.3, 0.4) is 0 Å². The smallest absolute Gasteiger partial charge is 0.255 e. The van der Waals surface area contributed by atoms with Crippen LogP contribution in [-0.2, 0) is 13.1 Å². The molecule has 0 radical (unpaired) electrons. The molecule has 1 amide bonds. The molecule has 0 fully saturated rings. The van der Waals surface area contributed by atoms with Crippen LogP contribution in [0.2, 0.25) is 5.02 Å². The van der Waals surface area contributed by atoms with Crippen molar-refractivity contribution < 1.29 is 4.79 Å². The minimum Gasteiger partial charge on any atom is -0.331 e. The lowest BCUT2D eigenvalue weighted by Gasteiger charge is -2.28. The van der Waals surface area contributed by atoms with E-state index in [0.29, 0.717) is 30.2 Å². The molecule has 1 aromatic carbocycles. The highest BCUT2D eigenvalue weighted by Gasteiger charge is 2.24. The van der Waals surface area contributed by atoms with Gasteiger partial charge in [0.25, 0.3) is 5.91 Å². The summed E-state index contributed by atoms with van der Waals surface area (Å²) in [6.45, 7) is 1.79. The van der Waals surface area contributed by atoms with Crippen LogP contribution in [-0.4, -0.2) is 32.1 Å². The van der Waals surface area contributed by atoms with Gasteiger partial charge in [-0.15, -0.1) is 0 Å². The number of pyridine rings is 1. The summed E-state index contributed by atoms with van der Waals surface area (Å²) in [6, 6.07) is 14.9. The van der Waals surface area contributed by atoms with E-state index in [2.05, 4.69) is 10.1 Å². The van der Waals surface area contributed by atoms with E-state index in [-0.39, 0.29) is 5.91 Å². The summed E-state index contributed by atoms with van der Waals surface area (Å²) in [5, 5.41) is 5.08. The first-order chi connectivity index (χ1) is 11.7. The van der Waals surface area contributed by atoms with Gasteiger partial charge in [0.2, 0.25) is 0 Å². The van der Waals surface area contributed by atoms with Gasteiger partial charge in [-0.05, 0) is 30.3 Å². The summed E-state index contributed by atoms with van der Waals surface area (Å²) in [4.78, 5) is 18.8. The largest absolute Gasteiger partial charge is 0.331 e. The summed E-state index contributed by atoms with van der Waals surface area (Å²) in [6.07, 6.45) is 1.75. The molecule has 0 saturated heterocycles. The van der Waals surface area contributed by atoms with E-state index in [0.717, 1.165) is 17.1 Å². The van der Waals surface area contributed by atoms with Crippen molar-refractivity contribution in [1.82, 2.24) is 19.7 Å². The number of amides is 1. The Labute approximate surface area is 144 Å². The summed E-state index contributed by atoms with van der Waals surface area (Å²) >= 11 is 6.15. The van der Waals surface area contributed by atoms with Crippen LogP contribution in [0.15, 0.2) is 54.7 Å². The van der Waals surface area contributed by atoms with E-state index in [1.165, 1.54) is 0 Å². The predicted molar refractivity (Wildman–Crippen MR) is 91.7 cm³/mol. The molecule has 120 valence electrons. The zero-order valence-electron chi connectivity index (χ0n) is 12.9. The molecule has 0 N–H and O–H groups in total. The van der Waals surface area contributed by atoms with E-state index in [4.69, 9.17) is 11.6 Å². The van der Waals surface area contributed by atoms with Crippen LogP contribution < -0.4 is 0 Å². The topological polar surface area (TPSA) is 51.0 Å². The Balaban J connectivity index is 1.59. The highest BCUT2D eigenvalue weighted by Crippen LogP contribution is 2.23. The van der Waals surface area contributed by atoms with Crippen molar-refractivity contribution in [1.29, 1.82) is 0 Å². The third-order valence-electron chi connectivity index (χ3n) is 4.12. The second kappa shape index (κ2) is 6.09. The third-order valence-corrected chi connectivity index (χ3v) is 4.45. The Morgan fingerprint density at radius 3 is 2.67 bits per heavy atom. The van der Waals surface area contributed by atoms with Gasteiger partial charge in [0.05, 0.1) is 35.1 Å². The Morgan fingerprint density at radius 2 is 1.88 bits per heavy atom. The zero-order chi connectivity index (χ0) is 16.5. The lowest BCUT2D eigenvalue weighted by Crippen LogP contribution is -2.38. The molecule has 4 rings (SSSR count). The molecular weight excluding hydrogens is 324 g/mol. The molecule has 3 heterocycles. The molecule has 24 heavy (non-hydrogen) atoms. The van der Waals surface area contributed by atoms with Gasteiger partial charge in [-0.3, -0.25) is 14.5 Å². The number of rotatable bonds is 2. The first-order valence-corrected chi connectivity index (χ1v) is 8.12. The number of aromatic nitrogens is 3. The molecule has 6 heteroatoms. The minimum atomic E-state index is -0.0487. The number of fused-ring (bicyclic) bond motifs is 1. The maximum atomic E-state index is 12.7. The van der Waals surface area contributed by atoms with Crippen molar-refractivity contribution in [2.75, 3.05) is 6.54 Å². The Kier molecular flexibility index (Phi) is 3.78. The molecule has 0 atom stereocenters. The monoisotopic (exact) mass is 338 g/mol. The van der Waals surface area contributed by atoms with Gasteiger partial charge >= 0.3 is 0 Å². The van der Waals surface area contributed by atoms with Crippen molar-refractivity contribution >= 4 is 17.5 Å². The molecule has 2 aromatic heterocycles. The number of nitrogens with zero attached hydrogens (tertiary/aromatic N) is 4. The van der Waals surface area contributed by atoms with Crippen LogP contribution in [0, 0.1) is 0 Å². The Bertz CT molecular complexity index is 891. The van der Waals surface area contributed by atoms with Gasteiger partial charge in [0.1, 0.15) is 5.69 Å². The molecule has 5 nitrogen and oxygen atoms in total. The summed E-state index contributed by atoms with van der Waals surface area (Å²) in [5.74, 6) is -0.0487. The Hall–Kier alpha value is -2.66. The summed E-state index contributed by atoms with van der Waals surface area (Å²) < 4.78 is 1.94. The van der Waals surface area contributed by atoms with E-state index in [1.807, 2.05) is 41.1 Å². The van der Waals surface area contributed by atoms with Gasteiger partial charge in [0.15, 0.2) is 0 Å². The van der Waals surface area contributed by atoms with Crippen LogP contribution in [0.1, 0.15) is 16.1 Å². The van der Waals surface area contributed by atoms with Gasteiger partial charge in [-0.1, -0.05) is 29.8 Å². The first-order valence-electron chi connectivity index (χ1n) is 7.74. The van der Waals surface area contributed by atoms with Crippen LogP contribution >= 0.6 is 11.6 Å². The van der Waals surface area contributed by atoms with Crippen molar-refractivity contribution in [3.05, 3.63) is 71.0 Å². The van der Waals surface area contributed by atoms with Gasteiger partial charge < -0.3 is 4.90 Å². The van der Waals surface area contributed by atoms with Crippen LogP contribution in [0.4, 0.5) is 0 Å². The van der Waals surface area contributed by atoms with Crippen molar-refractivity contribution in [3.8, 4) is 11.4 Å². The lowest BCUT2D eigenvalue weighted by molar-refractivity contribution is 0.0706. The average molecular weight is 339 g/mol. The second-order valence-corrected chi connectivity index (χ2v) is 6.07. The molecule has 1 aliphatic heterocycles. The zero-order valence-corrected chi connectivity index (χ0v) is 13.6. The van der Waals surface area contributed by atoms with Crippen molar-refractivity contribution in [2.24, 2.45) is 0 Å². The quantitative estimate of drug-likeness (QED) is 0.720. The van der Waals surface area contributed by atoms with E-state index in [1.54, 1.807) is 23.2 Å². The molecule has 0 saturated carbocycles. The number of hydrogen-bond donors (Lipinski definition) is 0. The molecule has 3 aromatic rings. The summed E-state index contributed by atoms with van der Waals surface area (Å²) in [5.41, 5.74) is 3.21. The highest BCUT2D eigenvalue weighted by atomic mass is 35.5. The fourth-order valence-corrected chi connectivity index (χ4v) is 3.10. The van der Waals surface area contributed by atoms with Gasteiger partial charge in [-0.2, -0.15) is 5.10 Å². The van der Waals surface area contributed by atoms with Crippen LogP contribution in [0.5, 0.6) is 0 Å². The van der Waals surface area contributed by atoms with Crippen molar-refractivity contribution in [3.63, 3.8) is 0 Å². The fraction of sp³-hybridized carbons (Fsp3) is 0.167. The second-order valence-electron chi connectivity index (χ2n) is 5.67.